The van der Waals surface area contributed by atoms with Crippen LogP contribution in [0.5, 0.6) is 0 Å². The fraction of sp³-hybridized carbons (Fsp3) is 0.562. The molecule has 0 aliphatic carbocycles. The number of fused-ring (bicyclic) bond motifs is 1. The van der Waals surface area contributed by atoms with Gasteiger partial charge in [0.05, 0.1) is 6.10 Å². The first-order valence-electron chi connectivity index (χ1n) is 7.62. The maximum atomic E-state index is 13.2. The van der Waals surface area contributed by atoms with Crippen LogP contribution in [0, 0.1) is 5.82 Å². The number of β-amino-alcohol motifs (C(OH)–C–C–N with tert-alkyl or cyclic N) is 1. The van der Waals surface area contributed by atoms with Crippen molar-refractivity contribution in [1.82, 2.24) is 10.1 Å². The van der Waals surface area contributed by atoms with E-state index < -0.39 is 0 Å². The van der Waals surface area contributed by atoms with Crippen molar-refractivity contribution in [1.29, 1.82) is 0 Å². The van der Waals surface area contributed by atoms with E-state index in [1.807, 2.05) is 6.92 Å². The first kappa shape index (κ1) is 14.5. The molecule has 0 radical (unpaired) electrons. The molecule has 1 aromatic heterocycles. The van der Waals surface area contributed by atoms with Gasteiger partial charge in [-0.15, -0.1) is 0 Å². The van der Waals surface area contributed by atoms with Crippen molar-refractivity contribution in [3.8, 4) is 0 Å². The van der Waals surface area contributed by atoms with E-state index >= 15 is 0 Å². The third-order valence-corrected chi connectivity index (χ3v) is 4.37. The molecule has 1 saturated heterocycles. The molecule has 1 unspecified atom stereocenters. The van der Waals surface area contributed by atoms with Gasteiger partial charge in [-0.25, -0.2) is 4.39 Å². The average Bonchev–Trinajstić information content (AvgIpc) is 2.90. The monoisotopic (exact) mass is 292 g/mol. The zero-order valence-corrected chi connectivity index (χ0v) is 12.3. The van der Waals surface area contributed by atoms with Gasteiger partial charge in [-0.1, -0.05) is 12.1 Å². The first-order valence-corrected chi connectivity index (χ1v) is 7.62. The Labute approximate surface area is 123 Å². The second-order valence-electron chi connectivity index (χ2n) is 5.85. The Hall–Kier alpha value is -1.46. The van der Waals surface area contributed by atoms with Crippen LogP contribution in [0.4, 0.5) is 4.39 Å². The Morgan fingerprint density at radius 2 is 2.19 bits per heavy atom. The molecule has 21 heavy (non-hydrogen) atoms. The summed E-state index contributed by atoms with van der Waals surface area (Å²) in [5, 5.41) is 14.6. The van der Waals surface area contributed by atoms with Crippen LogP contribution in [0.2, 0.25) is 0 Å². The van der Waals surface area contributed by atoms with Gasteiger partial charge in [-0.2, -0.15) is 0 Å². The molecule has 1 aliphatic rings. The van der Waals surface area contributed by atoms with Crippen LogP contribution < -0.4 is 0 Å². The molecule has 1 fully saturated rings. The molecule has 2 aromatic rings. The molecule has 1 aromatic carbocycles. The van der Waals surface area contributed by atoms with Crippen LogP contribution in [0.1, 0.15) is 37.9 Å². The highest BCUT2D eigenvalue weighted by molar-refractivity contribution is 5.80. The number of aromatic nitrogens is 1. The van der Waals surface area contributed by atoms with Gasteiger partial charge in [-0.05, 0) is 44.5 Å². The first-order chi connectivity index (χ1) is 10.2. The molecule has 1 atom stereocenters. The van der Waals surface area contributed by atoms with E-state index in [-0.39, 0.29) is 11.9 Å². The van der Waals surface area contributed by atoms with Crippen molar-refractivity contribution in [2.75, 3.05) is 19.6 Å². The van der Waals surface area contributed by atoms with Gasteiger partial charge in [-0.3, -0.25) is 0 Å². The van der Waals surface area contributed by atoms with E-state index in [0.717, 1.165) is 50.0 Å². The minimum absolute atomic E-state index is 0.240. The number of rotatable bonds is 4. The molecule has 2 heterocycles. The zero-order valence-electron chi connectivity index (χ0n) is 12.3. The standard InChI is InChI=1S/C16H21FN2O2/c1-2-13(20)10-19-7-5-11(6-8-19)16-14-4-3-12(17)9-15(14)18-21-16/h3-4,9,11,13,20H,2,5-8,10H2,1H3. The molecule has 114 valence electrons. The molecule has 0 saturated carbocycles. The summed E-state index contributed by atoms with van der Waals surface area (Å²) in [7, 11) is 0. The highest BCUT2D eigenvalue weighted by Crippen LogP contribution is 2.33. The van der Waals surface area contributed by atoms with E-state index in [1.54, 1.807) is 6.07 Å². The molecule has 0 spiro atoms. The Morgan fingerprint density at radius 3 is 2.90 bits per heavy atom. The summed E-state index contributed by atoms with van der Waals surface area (Å²) in [5.41, 5.74) is 0.592. The maximum absolute atomic E-state index is 13.2. The molecule has 4 nitrogen and oxygen atoms in total. The van der Waals surface area contributed by atoms with Gasteiger partial charge in [0.1, 0.15) is 17.1 Å². The topological polar surface area (TPSA) is 49.5 Å². The number of halogens is 1. The second-order valence-corrected chi connectivity index (χ2v) is 5.85. The molecule has 1 aliphatic heterocycles. The van der Waals surface area contributed by atoms with Crippen molar-refractivity contribution < 1.29 is 14.0 Å². The lowest BCUT2D eigenvalue weighted by atomic mass is 9.92. The summed E-state index contributed by atoms with van der Waals surface area (Å²) < 4.78 is 18.6. The maximum Gasteiger partial charge on any atom is 0.147 e. The third-order valence-electron chi connectivity index (χ3n) is 4.37. The second kappa shape index (κ2) is 6.12. The number of piperidine rings is 1. The Morgan fingerprint density at radius 1 is 1.43 bits per heavy atom. The van der Waals surface area contributed by atoms with Gasteiger partial charge in [0.25, 0.3) is 0 Å². The molecular formula is C16H21FN2O2. The molecule has 0 amide bonds. The van der Waals surface area contributed by atoms with Crippen molar-refractivity contribution in [2.45, 2.75) is 38.2 Å². The van der Waals surface area contributed by atoms with Gasteiger partial charge in [0.2, 0.25) is 0 Å². The quantitative estimate of drug-likeness (QED) is 0.941. The van der Waals surface area contributed by atoms with Crippen LogP contribution in [0.15, 0.2) is 22.7 Å². The van der Waals surface area contributed by atoms with E-state index in [0.29, 0.717) is 11.4 Å². The van der Waals surface area contributed by atoms with Gasteiger partial charge >= 0.3 is 0 Å². The number of aliphatic hydroxyl groups is 1. The SMILES string of the molecule is CCC(O)CN1CCC(c2onc3cc(F)ccc23)CC1. The molecule has 5 heteroatoms. The number of nitrogens with zero attached hydrogens (tertiary/aromatic N) is 2. The summed E-state index contributed by atoms with van der Waals surface area (Å²) in [6.45, 7) is 4.64. The van der Waals surface area contributed by atoms with E-state index in [4.69, 9.17) is 4.52 Å². The number of hydrogen-bond acceptors (Lipinski definition) is 4. The third kappa shape index (κ3) is 3.09. The largest absolute Gasteiger partial charge is 0.392 e. The number of hydrogen-bond donors (Lipinski definition) is 1. The van der Waals surface area contributed by atoms with Crippen LogP contribution in [0.25, 0.3) is 10.9 Å². The highest BCUT2D eigenvalue weighted by atomic mass is 19.1. The zero-order chi connectivity index (χ0) is 14.8. The van der Waals surface area contributed by atoms with E-state index in [2.05, 4.69) is 10.1 Å². The summed E-state index contributed by atoms with van der Waals surface area (Å²) in [6, 6.07) is 4.62. The molecular weight excluding hydrogens is 271 g/mol. The Bertz CT molecular complexity index is 605. The summed E-state index contributed by atoms with van der Waals surface area (Å²) in [4.78, 5) is 2.29. The van der Waals surface area contributed by atoms with Crippen molar-refractivity contribution in [3.05, 3.63) is 29.8 Å². The number of benzene rings is 1. The van der Waals surface area contributed by atoms with E-state index in [1.165, 1.54) is 12.1 Å². The normalized spacial score (nSPS) is 19.2. The van der Waals surface area contributed by atoms with Crippen molar-refractivity contribution in [2.24, 2.45) is 0 Å². The Balaban J connectivity index is 1.68. The summed E-state index contributed by atoms with van der Waals surface area (Å²) >= 11 is 0. The van der Waals surface area contributed by atoms with Crippen LogP contribution in [0.3, 0.4) is 0 Å². The molecule has 1 N–H and O–H groups in total. The van der Waals surface area contributed by atoms with Crippen LogP contribution in [-0.4, -0.2) is 40.9 Å². The average molecular weight is 292 g/mol. The Kier molecular flexibility index (Phi) is 4.22. The van der Waals surface area contributed by atoms with Gasteiger partial charge in [0, 0.05) is 23.9 Å². The van der Waals surface area contributed by atoms with Gasteiger partial charge in [0.15, 0.2) is 0 Å². The summed E-state index contributed by atoms with van der Waals surface area (Å²) in [5.74, 6) is 0.918. The summed E-state index contributed by atoms with van der Waals surface area (Å²) in [6.07, 6.45) is 2.52. The van der Waals surface area contributed by atoms with Crippen LogP contribution in [-0.2, 0) is 0 Å². The minimum atomic E-state index is -0.286. The van der Waals surface area contributed by atoms with Crippen molar-refractivity contribution >= 4 is 10.9 Å². The number of likely N-dealkylation sites (tertiary alicyclic amines) is 1. The lowest BCUT2D eigenvalue weighted by Gasteiger charge is -2.32. The number of aliphatic hydroxyl groups excluding tert-OH is 1. The minimum Gasteiger partial charge on any atom is -0.392 e. The lowest BCUT2D eigenvalue weighted by Crippen LogP contribution is -2.38. The predicted molar refractivity (Wildman–Crippen MR) is 78.7 cm³/mol. The fourth-order valence-corrected chi connectivity index (χ4v) is 3.04. The molecule has 3 rings (SSSR count). The lowest BCUT2D eigenvalue weighted by molar-refractivity contribution is 0.0922. The molecule has 0 bridgehead atoms. The fourth-order valence-electron chi connectivity index (χ4n) is 3.04. The van der Waals surface area contributed by atoms with E-state index in [9.17, 15) is 9.50 Å². The predicted octanol–water partition coefficient (Wildman–Crippen LogP) is 2.92. The highest BCUT2D eigenvalue weighted by Gasteiger charge is 2.26. The van der Waals surface area contributed by atoms with Crippen LogP contribution >= 0.6 is 0 Å². The van der Waals surface area contributed by atoms with Gasteiger partial charge < -0.3 is 14.5 Å². The smallest absolute Gasteiger partial charge is 0.147 e. The van der Waals surface area contributed by atoms with Crippen molar-refractivity contribution in [3.63, 3.8) is 0 Å².